The maximum Gasteiger partial charge on any atom is 0.0788 e. The maximum absolute atomic E-state index is 8.79. The van der Waals surface area contributed by atoms with Crippen LogP contribution in [0.25, 0.3) is 0 Å². The van der Waals surface area contributed by atoms with Gasteiger partial charge < -0.3 is 10.8 Å². The molecule has 0 spiro atoms. The Labute approximate surface area is 54.6 Å². The summed E-state index contributed by atoms with van der Waals surface area (Å²) in [7, 11) is 0. The van der Waals surface area contributed by atoms with Gasteiger partial charge in [0.05, 0.1) is 12.1 Å². The van der Waals surface area contributed by atoms with E-state index in [0.717, 1.165) is 18.7 Å². The molecule has 1 heterocycles. The summed E-state index contributed by atoms with van der Waals surface area (Å²) in [6, 6.07) is 0. The fourth-order valence-electron chi connectivity index (χ4n) is 0.955. The van der Waals surface area contributed by atoms with Crippen molar-refractivity contribution in [1.29, 1.82) is 0 Å². The third-order valence-corrected chi connectivity index (χ3v) is 1.91. The zero-order valence-electron chi connectivity index (χ0n) is 5.59. The molecule has 0 amide bonds. The minimum Gasteiger partial charge on any atom is -0.394 e. The van der Waals surface area contributed by atoms with E-state index in [2.05, 4.69) is 4.99 Å². The van der Waals surface area contributed by atoms with Gasteiger partial charge in [0.2, 0.25) is 0 Å². The predicted octanol–water partition coefficient (Wildman–Crippen LogP) is -0.459. The Morgan fingerprint density at radius 2 is 2.56 bits per heavy atom. The normalized spacial score (nSPS) is 34.8. The highest BCUT2D eigenvalue weighted by Gasteiger charge is 2.30. The highest BCUT2D eigenvalue weighted by Crippen LogP contribution is 2.15. The van der Waals surface area contributed by atoms with E-state index < -0.39 is 5.54 Å². The van der Waals surface area contributed by atoms with Gasteiger partial charge in [0.25, 0.3) is 0 Å². The molecular weight excluding hydrogens is 116 g/mol. The van der Waals surface area contributed by atoms with Crippen LogP contribution >= 0.6 is 0 Å². The van der Waals surface area contributed by atoms with Gasteiger partial charge in [-0.3, -0.25) is 4.99 Å². The number of aliphatic imine (C=N–C) groups is 1. The van der Waals surface area contributed by atoms with E-state index in [0.29, 0.717) is 0 Å². The van der Waals surface area contributed by atoms with Crippen LogP contribution in [-0.4, -0.2) is 29.5 Å². The average molecular weight is 128 g/mol. The molecule has 1 aliphatic rings. The first-order valence-electron chi connectivity index (χ1n) is 3.10. The van der Waals surface area contributed by atoms with Gasteiger partial charge in [0.1, 0.15) is 0 Å². The number of aliphatic hydroxyl groups excluding tert-OH is 1. The van der Waals surface area contributed by atoms with Crippen LogP contribution in [0.3, 0.4) is 0 Å². The van der Waals surface area contributed by atoms with E-state index >= 15 is 0 Å². The minimum atomic E-state index is -0.500. The van der Waals surface area contributed by atoms with Gasteiger partial charge >= 0.3 is 0 Å². The van der Waals surface area contributed by atoms with Crippen LogP contribution in [0.15, 0.2) is 4.99 Å². The van der Waals surface area contributed by atoms with Gasteiger partial charge in [-0.05, 0) is 13.3 Å². The van der Waals surface area contributed by atoms with E-state index in [9.17, 15) is 0 Å². The average Bonchev–Trinajstić information content (AvgIpc) is 2.15. The Morgan fingerprint density at radius 1 is 1.89 bits per heavy atom. The lowest BCUT2D eigenvalue weighted by atomic mass is 9.96. The highest BCUT2D eigenvalue weighted by molar-refractivity contribution is 5.92. The van der Waals surface area contributed by atoms with Crippen LogP contribution in [0.5, 0.6) is 0 Å². The maximum atomic E-state index is 8.79. The summed E-state index contributed by atoms with van der Waals surface area (Å²) in [6.07, 6.45) is 0.787. The number of hydrogen-bond donors (Lipinski definition) is 2. The molecule has 0 aromatic rings. The molecule has 3 N–H and O–H groups in total. The van der Waals surface area contributed by atoms with Crippen molar-refractivity contribution in [2.24, 2.45) is 10.7 Å². The third kappa shape index (κ3) is 0.976. The summed E-state index contributed by atoms with van der Waals surface area (Å²) < 4.78 is 0. The van der Waals surface area contributed by atoms with Gasteiger partial charge in [-0.2, -0.15) is 0 Å². The zero-order chi connectivity index (χ0) is 6.91. The quantitative estimate of drug-likeness (QED) is 0.502. The van der Waals surface area contributed by atoms with Crippen molar-refractivity contribution in [3.05, 3.63) is 0 Å². The summed E-state index contributed by atoms with van der Waals surface area (Å²) in [4.78, 5) is 4.09. The van der Waals surface area contributed by atoms with Crippen molar-refractivity contribution in [2.75, 3.05) is 13.2 Å². The van der Waals surface area contributed by atoms with Crippen molar-refractivity contribution in [2.45, 2.75) is 18.9 Å². The first kappa shape index (κ1) is 6.71. The molecule has 0 aromatic carbocycles. The van der Waals surface area contributed by atoms with E-state index in [4.69, 9.17) is 10.8 Å². The molecule has 9 heavy (non-hydrogen) atoms. The molecule has 0 aromatic heterocycles. The molecule has 0 saturated carbocycles. The summed E-state index contributed by atoms with van der Waals surface area (Å²) in [5, 5.41) is 8.79. The molecule has 3 heteroatoms. The molecule has 3 nitrogen and oxygen atoms in total. The number of rotatable bonds is 1. The van der Waals surface area contributed by atoms with Crippen molar-refractivity contribution in [1.82, 2.24) is 0 Å². The summed E-state index contributed by atoms with van der Waals surface area (Å²) >= 11 is 0. The first-order chi connectivity index (χ1) is 4.19. The largest absolute Gasteiger partial charge is 0.394 e. The zero-order valence-corrected chi connectivity index (χ0v) is 5.59. The van der Waals surface area contributed by atoms with E-state index in [1.165, 1.54) is 0 Å². The second kappa shape index (κ2) is 2.08. The number of aliphatic hydroxyl groups is 1. The first-order valence-corrected chi connectivity index (χ1v) is 3.10. The molecule has 0 fully saturated rings. The summed E-state index contributed by atoms with van der Waals surface area (Å²) in [5.74, 6) is 0. The molecule has 1 rings (SSSR count). The van der Waals surface area contributed by atoms with Crippen LogP contribution in [0.1, 0.15) is 13.3 Å². The Kier molecular flexibility index (Phi) is 1.55. The fraction of sp³-hybridized carbons (Fsp3) is 0.833. The van der Waals surface area contributed by atoms with Gasteiger partial charge in [-0.1, -0.05) is 0 Å². The number of nitrogens with two attached hydrogens (primary N) is 1. The van der Waals surface area contributed by atoms with Gasteiger partial charge in [0, 0.05) is 12.3 Å². The van der Waals surface area contributed by atoms with Gasteiger partial charge in [-0.15, -0.1) is 0 Å². The van der Waals surface area contributed by atoms with Crippen LogP contribution in [0, 0.1) is 0 Å². The molecule has 0 saturated heterocycles. The highest BCUT2D eigenvalue weighted by atomic mass is 16.3. The standard InChI is InChI=1S/C6H12N2O/c1-5-6(7,4-9)2-3-8-5/h9H,2-4,7H2,1H3. The second-order valence-electron chi connectivity index (χ2n) is 2.53. The minimum absolute atomic E-state index is 0.0162. The molecular formula is C6H12N2O. The molecule has 52 valence electrons. The van der Waals surface area contributed by atoms with Gasteiger partial charge in [-0.25, -0.2) is 0 Å². The molecule has 1 unspecified atom stereocenters. The molecule has 0 bridgehead atoms. The topological polar surface area (TPSA) is 58.6 Å². The Morgan fingerprint density at radius 3 is 2.78 bits per heavy atom. The lowest BCUT2D eigenvalue weighted by Gasteiger charge is -2.20. The fourth-order valence-corrected chi connectivity index (χ4v) is 0.955. The molecule has 0 aliphatic carbocycles. The summed E-state index contributed by atoms with van der Waals surface area (Å²) in [6.45, 7) is 2.65. The second-order valence-corrected chi connectivity index (χ2v) is 2.53. The molecule has 0 radical (unpaired) electrons. The smallest absolute Gasteiger partial charge is 0.0788 e. The van der Waals surface area contributed by atoms with Crippen LogP contribution < -0.4 is 5.73 Å². The Balaban J connectivity index is 2.70. The van der Waals surface area contributed by atoms with Crippen LogP contribution in [0.4, 0.5) is 0 Å². The van der Waals surface area contributed by atoms with Crippen LogP contribution in [0.2, 0.25) is 0 Å². The monoisotopic (exact) mass is 128 g/mol. The Hall–Kier alpha value is -0.410. The van der Waals surface area contributed by atoms with Crippen molar-refractivity contribution in [3.8, 4) is 0 Å². The lowest BCUT2D eigenvalue weighted by molar-refractivity contribution is 0.238. The van der Waals surface area contributed by atoms with Crippen molar-refractivity contribution >= 4 is 5.71 Å². The van der Waals surface area contributed by atoms with Crippen molar-refractivity contribution < 1.29 is 5.11 Å². The SMILES string of the molecule is CC1=NCCC1(N)CO. The summed E-state index contributed by atoms with van der Waals surface area (Å²) in [5.41, 5.74) is 6.10. The van der Waals surface area contributed by atoms with Crippen LogP contribution in [-0.2, 0) is 0 Å². The van der Waals surface area contributed by atoms with E-state index in [-0.39, 0.29) is 6.61 Å². The lowest BCUT2D eigenvalue weighted by Crippen LogP contribution is -2.47. The molecule has 1 atom stereocenters. The van der Waals surface area contributed by atoms with Gasteiger partial charge in [0.15, 0.2) is 0 Å². The van der Waals surface area contributed by atoms with E-state index in [1.807, 2.05) is 6.92 Å². The number of hydrogen-bond acceptors (Lipinski definition) is 3. The predicted molar refractivity (Wildman–Crippen MR) is 36.6 cm³/mol. The van der Waals surface area contributed by atoms with E-state index in [1.54, 1.807) is 0 Å². The van der Waals surface area contributed by atoms with Crippen molar-refractivity contribution in [3.63, 3.8) is 0 Å². The Bertz CT molecular complexity index is 144. The third-order valence-electron chi connectivity index (χ3n) is 1.91. The number of nitrogens with zero attached hydrogens (tertiary/aromatic N) is 1. The molecule has 1 aliphatic heterocycles.